The Morgan fingerprint density at radius 1 is 0.909 bits per heavy atom. The zero-order chi connectivity index (χ0) is 14.8. The summed E-state index contributed by atoms with van der Waals surface area (Å²) < 4.78 is 0. The van der Waals surface area contributed by atoms with Crippen LogP contribution in [0.4, 0.5) is 11.4 Å². The normalized spacial score (nSPS) is 14.8. The number of hydrazine groups is 1. The molecule has 0 fully saturated rings. The molecule has 0 atom stereocenters. The van der Waals surface area contributed by atoms with Crippen LogP contribution in [-0.2, 0) is 6.54 Å². The van der Waals surface area contributed by atoms with Crippen molar-refractivity contribution in [3.8, 4) is 0 Å². The quantitative estimate of drug-likeness (QED) is 0.678. The number of para-hydroxylation sites is 1. The van der Waals surface area contributed by atoms with Crippen LogP contribution in [0.1, 0.15) is 5.56 Å². The first kappa shape index (κ1) is 12.6. The Bertz CT molecular complexity index is 842. The molecule has 1 aliphatic heterocycles. The highest BCUT2D eigenvalue weighted by atomic mass is 15.5. The highest BCUT2D eigenvalue weighted by molar-refractivity contribution is 6.09. The first-order valence-electron chi connectivity index (χ1n) is 7.15. The van der Waals surface area contributed by atoms with Crippen molar-refractivity contribution in [2.75, 3.05) is 10.7 Å². The van der Waals surface area contributed by atoms with Crippen molar-refractivity contribution in [2.45, 2.75) is 6.54 Å². The van der Waals surface area contributed by atoms with Gasteiger partial charge in [-0.05, 0) is 11.6 Å². The number of benzene rings is 2. The number of aliphatic imine (C=N–C) groups is 1. The van der Waals surface area contributed by atoms with Gasteiger partial charge in [0.1, 0.15) is 0 Å². The molecule has 3 aromatic rings. The third-order valence-electron chi connectivity index (χ3n) is 3.60. The van der Waals surface area contributed by atoms with Crippen LogP contribution >= 0.6 is 0 Å². The lowest BCUT2D eigenvalue weighted by molar-refractivity contribution is 1.000. The summed E-state index contributed by atoms with van der Waals surface area (Å²) in [4.78, 5) is 9.00. The van der Waals surface area contributed by atoms with E-state index in [0.717, 1.165) is 22.3 Å². The maximum Gasteiger partial charge on any atom is 0.215 e. The number of anilines is 2. The van der Waals surface area contributed by atoms with Crippen molar-refractivity contribution in [1.82, 2.24) is 10.4 Å². The van der Waals surface area contributed by atoms with Crippen LogP contribution < -0.4 is 16.2 Å². The molecule has 0 amide bonds. The molecule has 0 spiro atoms. The molecule has 3 N–H and O–H groups in total. The molecule has 0 unspecified atom stereocenters. The Morgan fingerprint density at radius 3 is 2.64 bits per heavy atom. The number of hydrogen-bond acceptors (Lipinski definition) is 3. The molecule has 108 valence electrons. The second kappa shape index (κ2) is 5.37. The molecule has 0 bridgehead atoms. The molecular formula is C17H15N5. The summed E-state index contributed by atoms with van der Waals surface area (Å²) >= 11 is 0. The van der Waals surface area contributed by atoms with E-state index in [2.05, 4.69) is 44.3 Å². The van der Waals surface area contributed by atoms with Crippen molar-refractivity contribution >= 4 is 28.2 Å². The minimum absolute atomic E-state index is 0.621. The summed E-state index contributed by atoms with van der Waals surface area (Å²) in [6.45, 7) is 0.621. The standard InChI is InChI=1S/C17H15N5/c1-2-6-12(7-3-1)10-19-17-20-16-13-8-4-5-9-14(13)18-11-15(16)21-22-17/h1-9,11,21H,10H2,(H2,19,20,22). The number of nitrogens with zero attached hydrogens (tertiary/aromatic N) is 2. The van der Waals surface area contributed by atoms with E-state index in [1.165, 1.54) is 5.56 Å². The molecule has 22 heavy (non-hydrogen) atoms. The number of guanidine groups is 1. The van der Waals surface area contributed by atoms with Crippen molar-refractivity contribution in [2.24, 2.45) is 4.99 Å². The van der Waals surface area contributed by atoms with Gasteiger partial charge in [-0.2, -0.15) is 0 Å². The Kier molecular flexibility index (Phi) is 3.08. The van der Waals surface area contributed by atoms with Gasteiger partial charge in [0, 0.05) is 5.39 Å². The van der Waals surface area contributed by atoms with Gasteiger partial charge >= 0.3 is 0 Å². The minimum atomic E-state index is 0.621. The van der Waals surface area contributed by atoms with E-state index in [0.29, 0.717) is 12.5 Å². The Hall–Kier alpha value is -3.08. The van der Waals surface area contributed by atoms with Gasteiger partial charge in [-0.25, -0.2) is 4.99 Å². The minimum Gasteiger partial charge on any atom is -0.322 e. The van der Waals surface area contributed by atoms with E-state index in [4.69, 9.17) is 0 Å². The summed E-state index contributed by atoms with van der Waals surface area (Å²) in [5.41, 5.74) is 10.2. The highest BCUT2D eigenvalue weighted by Gasteiger charge is 2.15. The number of nitrogens with one attached hydrogen (secondary N) is 3. The summed E-state index contributed by atoms with van der Waals surface area (Å²) in [5.74, 6) is 0.702. The van der Waals surface area contributed by atoms with Gasteiger partial charge in [-0.3, -0.25) is 15.8 Å². The third kappa shape index (κ3) is 2.33. The van der Waals surface area contributed by atoms with Gasteiger partial charge < -0.3 is 5.32 Å². The highest BCUT2D eigenvalue weighted by Crippen LogP contribution is 2.30. The van der Waals surface area contributed by atoms with E-state index >= 15 is 0 Å². The number of fused-ring (bicyclic) bond motifs is 3. The summed E-state index contributed by atoms with van der Waals surface area (Å²) in [6, 6.07) is 18.2. The topological polar surface area (TPSA) is 61.3 Å². The Morgan fingerprint density at radius 2 is 1.73 bits per heavy atom. The van der Waals surface area contributed by atoms with Gasteiger partial charge in [0.2, 0.25) is 5.96 Å². The van der Waals surface area contributed by atoms with Crippen LogP contribution in [0, 0.1) is 0 Å². The SMILES string of the molecule is c1ccc(CN=C2NNc3cnc4ccccc4c3N2)cc1. The van der Waals surface area contributed by atoms with Gasteiger partial charge in [0.15, 0.2) is 0 Å². The summed E-state index contributed by atoms with van der Waals surface area (Å²) in [7, 11) is 0. The Labute approximate surface area is 128 Å². The maximum absolute atomic E-state index is 4.57. The molecule has 2 aromatic carbocycles. The van der Waals surface area contributed by atoms with E-state index in [9.17, 15) is 0 Å². The van der Waals surface area contributed by atoms with Crippen molar-refractivity contribution in [3.63, 3.8) is 0 Å². The van der Waals surface area contributed by atoms with Crippen LogP contribution in [0.15, 0.2) is 65.8 Å². The van der Waals surface area contributed by atoms with Crippen LogP contribution in [0.25, 0.3) is 10.9 Å². The largest absolute Gasteiger partial charge is 0.322 e. The second-order valence-electron chi connectivity index (χ2n) is 5.09. The average Bonchev–Trinajstić information content (AvgIpc) is 2.60. The van der Waals surface area contributed by atoms with Gasteiger partial charge in [-0.15, -0.1) is 0 Å². The van der Waals surface area contributed by atoms with Crippen molar-refractivity contribution in [3.05, 3.63) is 66.4 Å². The zero-order valence-electron chi connectivity index (χ0n) is 11.9. The number of pyridine rings is 1. The summed E-state index contributed by atoms with van der Waals surface area (Å²) in [6.07, 6.45) is 1.81. The molecule has 5 heteroatoms. The van der Waals surface area contributed by atoms with Crippen LogP contribution in [0.3, 0.4) is 0 Å². The first-order chi connectivity index (χ1) is 10.9. The fourth-order valence-electron chi connectivity index (χ4n) is 2.48. The molecule has 0 saturated heterocycles. The van der Waals surface area contributed by atoms with E-state index < -0.39 is 0 Å². The summed E-state index contributed by atoms with van der Waals surface area (Å²) in [5, 5.41) is 4.42. The van der Waals surface area contributed by atoms with E-state index in [-0.39, 0.29) is 0 Å². The molecule has 4 rings (SSSR count). The number of hydrogen-bond donors (Lipinski definition) is 3. The van der Waals surface area contributed by atoms with E-state index in [1.807, 2.05) is 42.6 Å². The molecule has 0 aliphatic carbocycles. The molecule has 0 saturated carbocycles. The lowest BCUT2D eigenvalue weighted by Crippen LogP contribution is -2.39. The monoisotopic (exact) mass is 289 g/mol. The number of rotatable bonds is 2. The second-order valence-corrected chi connectivity index (χ2v) is 5.09. The predicted molar refractivity (Wildman–Crippen MR) is 89.7 cm³/mol. The number of aromatic nitrogens is 1. The van der Waals surface area contributed by atoms with Gasteiger partial charge in [0.25, 0.3) is 0 Å². The molecular weight excluding hydrogens is 274 g/mol. The fourth-order valence-corrected chi connectivity index (χ4v) is 2.48. The van der Waals surface area contributed by atoms with Crippen molar-refractivity contribution < 1.29 is 0 Å². The Balaban J connectivity index is 1.64. The maximum atomic E-state index is 4.57. The van der Waals surface area contributed by atoms with Gasteiger partial charge in [0.05, 0.1) is 29.6 Å². The van der Waals surface area contributed by atoms with Crippen molar-refractivity contribution in [1.29, 1.82) is 0 Å². The molecule has 1 aromatic heterocycles. The van der Waals surface area contributed by atoms with E-state index in [1.54, 1.807) is 0 Å². The van der Waals surface area contributed by atoms with Crippen LogP contribution in [0.5, 0.6) is 0 Å². The van der Waals surface area contributed by atoms with Crippen LogP contribution in [0.2, 0.25) is 0 Å². The predicted octanol–water partition coefficient (Wildman–Crippen LogP) is 3.13. The van der Waals surface area contributed by atoms with Crippen LogP contribution in [-0.4, -0.2) is 10.9 Å². The molecule has 0 radical (unpaired) electrons. The zero-order valence-corrected chi connectivity index (χ0v) is 11.9. The fraction of sp³-hybridized carbons (Fsp3) is 0.0588. The lowest BCUT2D eigenvalue weighted by atomic mass is 10.1. The smallest absolute Gasteiger partial charge is 0.215 e. The lowest BCUT2D eigenvalue weighted by Gasteiger charge is -2.23. The molecule has 1 aliphatic rings. The third-order valence-corrected chi connectivity index (χ3v) is 3.60. The van der Waals surface area contributed by atoms with Gasteiger partial charge in [-0.1, -0.05) is 48.5 Å². The first-order valence-corrected chi connectivity index (χ1v) is 7.15. The average molecular weight is 289 g/mol. The molecule has 5 nitrogen and oxygen atoms in total. The molecule has 2 heterocycles.